The third kappa shape index (κ3) is 3.98. The van der Waals surface area contributed by atoms with Crippen LogP contribution < -0.4 is 5.32 Å². The Morgan fingerprint density at radius 3 is 2.76 bits per heavy atom. The highest BCUT2D eigenvalue weighted by molar-refractivity contribution is 9.10. The average Bonchev–Trinajstić information content (AvgIpc) is 2.49. The van der Waals surface area contributed by atoms with E-state index in [0.29, 0.717) is 11.6 Å². The van der Waals surface area contributed by atoms with Crippen LogP contribution in [-0.4, -0.2) is 7.11 Å². The summed E-state index contributed by atoms with van der Waals surface area (Å²) in [7, 11) is 1.64. The lowest BCUT2D eigenvalue weighted by molar-refractivity contribution is 0.184. The van der Waals surface area contributed by atoms with Crippen molar-refractivity contribution >= 4 is 33.2 Å². The van der Waals surface area contributed by atoms with Crippen molar-refractivity contribution in [3.05, 3.63) is 63.1 Å². The van der Waals surface area contributed by atoms with Gasteiger partial charge in [-0.2, -0.15) is 5.26 Å². The highest BCUT2D eigenvalue weighted by Crippen LogP contribution is 2.28. The summed E-state index contributed by atoms with van der Waals surface area (Å²) in [4.78, 5) is 0. The van der Waals surface area contributed by atoms with E-state index >= 15 is 0 Å². The first-order valence-electron chi connectivity index (χ1n) is 6.33. The number of nitrogens with zero attached hydrogens (tertiary/aromatic N) is 1. The van der Waals surface area contributed by atoms with Crippen molar-refractivity contribution in [1.82, 2.24) is 0 Å². The smallest absolute Gasteiger partial charge is 0.140 e. The highest BCUT2D eigenvalue weighted by Gasteiger charge is 2.14. The first kappa shape index (κ1) is 15.8. The van der Waals surface area contributed by atoms with Crippen molar-refractivity contribution in [3.63, 3.8) is 0 Å². The maximum absolute atomic E-state index is 9.47. The van der Waals surface area contributed by atoms with Crippen molar-refractivity contribution < 1.29 is 4.74 Å². The van der Waals surface area contributed by atoms with Crippen LogP contribution in [0.2, 0.25) is 5.02 Å². The van der Waals surface area contributed by atoms with Crippen LogP contribution in [0.3, 0.4) is 0 Å². The molecule has 0 saturated carbocycles. The zero-order chi connectivity index (χ0) is 15.2. The summed E-state index contributed by atoms with van der Waals surface area (Å²) in [5.74, 6) is 0. The Morgan fingerprint density at radius 2 is 2.10 bits per heavy atom. The minimum Gasteiger partial charge on any atom is -0.380 e. The van der Waals surface area contributed by atoms with Gasteiger partial charge in [0, 0.05) is 17.3 Å². The first-order chi connectivity index (χ1) is 10.2. The van der Waals surface area contributed by atoms with Gasteiger partial charge in [-0.15, -0.1) is 0 Å². The summed E-state index contributed by atoms with van der Waals surface area (Å²) < 4.78 is 5.97. The number of ether oxygens (including phenoxy) is 1. The molecule has 0 aliphatic rings. The van der Waals surface area contributed by atoms with E-state index in [-0.39, 0.29) is 0 Å². The molecule has 0 aromatic heterocycles. The molecule has 0 amide bonds. The van der Waals surface area contributed by atoms with E-state index in [4.69, 9.17) is 16.3 Å². The molecule has 1 unspecified atom stereocenters. The lowest BCUT2D eigenvalue weighted by atomic mass is 10.0. The molecule has 0 saturated heterocycles. The first-order valence-corrected chi connectivity index (χ1v) is 7.50. The van der Waals surface area contributed by atoms with Crippen LogP contribution in [0.25, 0.3) is 0 Å². The van der Waals surface area contributed by atoms with Gasteiger partial charge in [0.1, 0.15) is 6.04 Å². The van der Waals surface area contributed by atoms with Crippen LogP contribution in [0.1, 0.15) is 17.2 Å². The zero-order valence-corrected chi connectivity index (χ0v) is 13.8. The minimum absolute atomic E-state index is 0.454. The van der Waals surface area contributed by atoms with Gasteiger partial charge in [-0.05, 0) is 45.3 Å². The van der Waals surface area contributed by atoms with Gasteiger partial charge in [-0.3, -0.25) is 0 Å². The molecular weight excluding hydrogens is 352 g/mol. The second-order valence-electron chi connectivity index (χ2n) is 4.47. The summed E-state index contributed by atoms with van der Waals surface area (Å²) >= 11 is 9.36. The molecule has 1 atom stereocenters. The van der Waals surface area contributed by atoms with Crippen LogP contribution >= 0.6 is 27.5 Å². The lowest BCUT2D eigenvalue weighted by Crippen LogP contribution is -2.11. The van der Waals surface area contributed by atoms with Gasteiger partial charge in [-0.1, -0.05) is 35.9 Å². The van der Waals surface area contributed by atoms with Crippen molar-refractivity contribution in [2.75, 3.05) is 12.4 Å². The lowest BCUT2D eigenvalue weighted by Gasteiger charge is -2.17. The number of methoxy groups -OCH3 is 1. The van der Waals surface area contributed by atoms with Crippen molar-refractivity contribution in [2.24, 2.45) is 0 Å². The van der Waals surface area contributed by atoms with Crippen LogP contribution in [0.5, 0.6) is 0 Å². The number of anilines is 1. The Balaban J connectivity index is 2.28. The highest BCUT2D eigenvalue weighted by atomic mass is 79.9. The van der Waals surface area contributed by atoms with Gasteiger partial charge in [-0.25, -0.2) is 0 Å². The molecule has 0 aliphatic carbocycles. The maximum Gasteiger partial charge on any atom is 0.140 e. The Kier molecular flexibility index (Phi) is 5.63. The molecule has 2 aromatic rings. The normalized spacial score (nSPS) is 11.7. The molecule has 0 fully saturated rings. The number of hydrogen-bond acceptors (Lipinski definition) is 3. The molecule has 21 heavy (non-hydrogen) atoms. The second-order valence-corrected chi connectivity index (χ2v) is 5.73. The van der Waals surface area contributed by atoms with Gasteiger partial charge >= 0.3 is 0 Å². The molecule has 108 valence electrons. The van der Waals surface area contributed by atoms with Gasteiger partial charge < -0.3 is 10.1 Å². The molecule has 5 heteroatoms. The van der Waals surface area contributed by atoms with Crippen molar-refractivity contribution in [1.29, 1.82) is 5.26 Å². The number of rotatable bonds is 5. The fourth-order valence-electron chi connectivity index (χ4n) is 2.03. The Hall–Kier alpha value is -1.54. The Labute approximate surface area is 137 Å². The zero-order valence-electron chi connectivity index (χ0n) is 11.4. The summed E-state index contributed by atoms with van der Waals surface area (Å²) in [5, 5.41) is 13.3. The largest absolute Gasteiger partial charge is 0.380 e. The summed E-state index contributed by atoms with van der Waals surface area (Å²) in [6.45, 7) is 0.473. The molecule has 2 rings (SSSR count). The van der Waals surface area contributed by atoms with E-state index in [0.717, 1.165) is 21.3 Å². The number of hydrogen-bond donors (Lipinski definition) is 1. The molecule has 0 spiro atoms. The predicted octanol–water partition coefficient (Wildman–Crippen LogP) is 4.93. The molecule has 1 N–H and O–H groups in total. The number of nitriles is 1. The average molecular weight is 366 g/mol. The van der Waals surface area contributed by atoms with Gasteiger partial charge in [0.05, 0.1) is 17.7 Å². The van der Waals surface area contributed by atoms with E-state index in [1.807, 2.05) is 36.4 Å². The van der Waals surface area contributed by atoms with E-state index < -0.39 is 6.04 Å². The summed E-state index contributed by atoms with van der Waals surface area (Å²) in [6, 6.07) is 15.1. The van der Waals surface area contributed by atoms with Gasteiger partial charge in [0.25, 0.3) is 0 Å². The van der Waals surface area contributed by atoms with Gasteiger partial charge in [0.15, 0.2) is 0 Å². The molecular formula is C16H14BrClN2O. The van der Waals surface area contributed by atoms with E-state index in [9.17, 15) is 5.26 Å². The van der Waals surface area contributed by atoms with Crippen LogP contribution in [0.4, 0.5) is 5.69 Å². The van der Waals surface area contributed by atoms with Crippen molar-refractivity contribution in [3.8, 4) is 6.07 Å². The Morgan fingerprint density at radius 1 is 1.33 bits per heavy atom. The fraction of sp³-hybridized carbons (Fsp3) is 0.188. The summed E-state index contributed by atoms with van der Waals surface area (Å²) in [6.07, 6.45) is 0. The van der Waals surface area contributed by atoms with Gasteiger partial charge in [0.2, 0.25) is 0 Å². The van der Waals surface area contributed by atoms with Crippen LogP contribution in [0, 0.1) is 11.3 Å². The molecule has 0 radical (unpaired) electrons. The third-order valence-corrected chi connectivity index (χ3v) is 4.24. The predicted molar refractivity (Wildman–Crippen MR) is 88.3 cm³/mol. The standard InChI is InChI=1S/C16H14BrClN2O/c1-21-10-11-4-2-3-5-13(11)16(9-19)20-12-6-7-15(18)14(17)8-12/h2-8,16,20H,10H2,1H3. The van der Waals surface area contributed by atoms with E-state index in [2.05, 4.69) is 27.3 Å². The SMILES string of the molecule is COCc1ccccc1C(C#N)Nc1ccc(Cl)c(Br)c1. The topological polar surface area (TPSA) is 45.0 Å². The molecule has 0 aliphatic heterocycles. The third-order valence-electron chi connectivity index (χ3n) is 3.03. The molecule has 2 aromatic carbocycles. The Bertz CT molecular complexity index is 670. The van der Waals surface area contributed by atoms with Crippen molar-refractivity contribution in [2.45, 2.75) is 12.6 Å². The number of benzene rings is 2. The fourth-order valence-corrected chi connectivity index (χ4v) is 2.53. The minimum atomic E-state index is -0.454. The second kappa shape index (κ2) is 7.46. The van der Waals surface area contributed by atoms with Crippen LogP contribution in [-0.2, 0) is 11.3 Å². The molecule has 0 bridgehead atoms. The van der Waals surface area contributed by atoms with E-state index in [1.54, 1.807) is 13.2 Å². The monoisotopic (exact) mass is 364 g/mol. The van der Waals surface area contributed by atoms with Crippen LogP contribution in [0.15, 0.2) is 46.9 Å². The summed E-state index contributed by atoms with van der Waals surface area (Å²) in [5.41, 5.74) is 2.73. The number of halogens is 2. The molecule has 0 heterocycles. The van der Waals surface area contributed by atoms with E-state index in [1.165, 1.54) is 0 Å². The quantitative estimate of drug-likeness (QED) is 0.817. The maximum atomic E-state index is 9.47. The molecule has 3 nitrogen and oxygen atoms in total. The number of nitrogens with one attached hydrogen (secondary N) is 1.